The molecular weight excluding hydrogens is 565 g/mol. The van der Waals surface area contributed by atoms with Crippen LogP contribution < -0.4 is 5.32 Å². The van der Waals surface area contributed by atoms with Gasteiger partial charge in [-0.25, -0.2) is 14.5 Å². The fraction of sp³-hybridized carbons (Fsp3) is 0.259. The van der Waals surface area contributed by atoms with Gasteiger partial charge in [-0.2, -0.15) is 18.3 Å². The number of carbonyl (C=O) groups is 2. The number of anilines is 1. The topological polar surface area (TPSA) is 83.4 Å². The molecule has 4 aromatic rings. The van der Waals surface area contributed by atoms with Gasteiger partial charge in [0.15, 0.2) is 0 Å². The molecule has 40 heavy (non-hydrogen) atoms. The number of amides is 3. The molecule has 2 aromatic carbocycles. The molecule has 5 rings (SSSR count). The number of halogens is 4. The van der Waals surface area contributed by atoms with E-state index in [1.807, 2.05) is 17.5 Å². The van der Waals surface area contributed by atoms with Crippen LogP contribution >= 0.6 is 22.9 Å². The van der Waals surface area contributed by atoms with E-state index in [2.05, 4.69) is 15.4 Å². The van der Waals surface area contributed by atoms with E-state index in [4.69, 9.17) is 11.6 Å². The van der Waals surface area contributed by atoms with Crippen LogP contribution in [0.15, 0.2) is 60.1 Å². The van der Waals surface area contributed by atoms with Crippen LogP contribution in [0.3, 0.4) is 0 Å². The summed E-state index contributed by atoms with van der Waals surface area (Å²) in [4.78, 5) is 34.0. The normalized spacial score (nSPS) is 15.8. The third kappa shape index (κ3) is 5.68. The van der Waals surface area contributed by atoms with E-state index in [0.717, 1.165) is 23.4 Å². The molecule has 3 amide bonds. The van der Waals surface area contributed by atoms with Gasteiger partial charge in [0.1, 0.15) is 0 Å². The quantitative estimate of drug-likeness (QED) is 0.301. The van der Waals surface area contributed by atoms with Crippen LogP contribution in [-0.2, 0) is 6.18 Å². The van der Waals surface area contributed by atoms with Gasteiger partial charge in [0.25, 0.3) is 5.91 Å². The van der Waals surface area contributed by atoms with Crippen LogP contribution in [0.4, 0.5) is 23.7 Å². The predicted octanol–water partition coefficient (Wildman–Crippen LogP) is 6.35. The van der Waals surface area contributed by atoms with E-state index in [-0.39, 0.29) is 37.3 Å². The zero-order valence-corrected chi connectivity index (χ0v) is 23.0. The zero-order chi connectivity index (χ0) is 28.6. The first kappa shape index (κ1) is 27.7. The largest absolute Gasteiger partial charge is 0.416 e. The van der Waals surface area contributed by atoms with Gasteiger partial charge in [-0.1, -0.05) is 29.8 Å². The number of urea groups is 1. The first-order chi connectivity index (χ1) is 19.0. The summed E-state index contributed by atoms with van der Waals surface area (Å²) in [5.74, 6) is -0.219. The van der Waals surface area contributed by atoms with Crippen molar-refractivity contribution in [3.8, 4) is 16.4 Å². The number of hydrogen-bond acceptors (Lipinski definition) is 5. The maximum atomic E-state index is 13.4. The minimum atomic E-state index is -4.51. The average molecular weight is 589 g/mol. The molecular formula is C27H24ClF3N6O2S. The fourth-order valence-corrected chi connectivity index (χ4v) is 5.48. The number of rotatable bonds is 4. The van der Waals surface area contributed by atoms with Crippen LogP contribution in [0.2, 0.25) is 5.02 Å². The van der Waals surface area contributed by atoms with Gasteiger partial charge in [-0.3, -0.25) is 4.79 Å². The number of hydrogen-bond donors (Lipinski definition) is 1. The van der Waals surface area contributed by atoms with Crippen molar-refractivity contribution in [2.75, 3.05) is 25.0 Å². The molecule has 3 heterocycles. The highest BCUT2D eigenvalue weighted by Crippen LogP contribution is 2.31. The fourth-order valence-electron chi connectivity index (χ4n) is 4.51. The molecule has 8 nitrogen and oxygen atoms in total. The van der Waals surface area contributed by atoms with E-state index < -0.39 is 17.8 Å². The van der Waals surface area contributed by atoms with Crippen molar-refractivity contribution in [3.05, 3.63) is 82.0 Å². The monoisotopic (exact) mass is 588 g/mol. The van der Waals surface area contributed by atoms with Crippen molar-refractivity contribution in [2.45, 2.75) is 26.1 Å². The number of nitrogens with zero attached hydrogens (tertiary/aromatic N) is 5. The summed E-state index contributed by atoms with van der Waals surface area (Å²) in [6.45, 7) is 4.34. The molecule has 0 radical (unpaired) electrons. The van der Waals surface area contributed by atoms with Crippen LogP contribution in [0.1, 0.15) is 28.5 Å². The van der Waals surface area contributed by atoms with Crippen LogP contribution in [-0.4, -0.2) is 62.2 Å². The Balaban J connectivity index is 1.24. The van der Waals surface area contributed by atoms with Gasteiger partial charge in [0.2, 0.25) is 5.13 Å². The van der Waals surface area contributed by atoms with Gasteiger partial charge in [-0.05, 0) is 44.2 Å². The van der Waals surface area contributed by atoms with Crippen molar-refractivity contribution < 1.29 is 22.8 Å². The molecule has 1 aliphatic rings. The Morgan fingerprint density at radius 1 is 1.12 bits per heavy atom. The molecule has 1 fully saturated rings. The smallest absolute Gasteiger partial charge is 0.335 e. The first-order valence-electron chi connectivity index (χ1n) is 12.3. The highest BCUT2D eigenvalue weighted by atomic mass is 35.5. The molecule has 0 spiro atoms. The SMILES string of the molecule is Cc1c(C(=O)N2CCN(C(=O)Nc3cccc(C(F)(F)F)c3)C(C)C2)cnn1-c1nc(-c2ccc(Cl)cc2)cs1. The second kappa shape index (κ2) is 10.9. The van der Waals surface area contributed by atoms with Gasteiger partial charge in [-0.15, -0.1) is 11.3 Å². The standard InChI is InChI=1S/C27H24ClF3N6O2S/c1-16-14-35(10-11-36(16)25(39)33-21-5-3-4-19(12-21)27(29,30)31)24(38)22-13-32-37(17(22)2)26-34-23(15-40-26)18-6-8-20(28)9-7-18/h3-9,12-13,15-16H,10-11,14H2,1-2H3,(H,33,39). The maximum Gasteiger partial charge on any atom is 0.416 e. The molecule has 0 aliphatic carbocycles. The summed E-state index contributed by atoms with van der Waals surface area (Å²) in [6.07, 6.45) is -3.00. The van der Waals surface area contributed by atoms with Gasteiger partial charge in [0, 0.05) is 47.3 Å². The Morgan fingerprint density at radius 2 is 1.88 bits per heavy atom. The summed E-state index contributed by atoms with van der Waals surface area (Å²) in [5.41, 5.74) is 1.96. The lowest BCUT2D eigenvalue weighted by Gasteiger charge is -2.39. The minimum Gasteiger partial charge on any atom is -0.335 e. The number of piperazine rings is 1. The number of benzene rings is 2. The van der Waals surface area contributed by atoms with Crippen LogP contribution in [0.5, 0.6) is 0 Å². The summed E-state index contributed by atoms with van der Waals surface area (Å²) < 4.78 is 40.7. The van der Waals surface area contributed by atoms with Gasteiger partial charge >= 0.3 is 12.2 Å². The van der Waals surface area contributed by atoms with Crippen LogP contribution in [0, 0.1) is 6.92 Å². The van der Waals surface area contributed by atoms with Crippen molar-refractivity contribution in [1.29, 1.82) is 0 Å². The summed E-state index contributed by atoms with van der Waals surface area (Å²) in [7, 11) is 0. The Hall–Kier alpha value is -3.90. The molecule has 208 valence electrons. The number of nitrogens with one attached hydrogen (secondary N) is 1. The van der Waals surface area contributed by atoms with Crippen molar-refractivity contribution in [3.63, 3.8) is 0 Å². The second-order valence-corrected chi connectivity index (χ2v) is 10.7. The molecule has 1 saturated heterocycles. The molecule has 1 N–H and O–H groups in total. The number of aromatic nitrogens is 3. The van der Waals surface area contributed by atoms with Crippen LogP contribution in [0.25, 0.3) is 16.4 Å². The highest BCUT2D eigenvalue weighted by molar-refractivity contribution is 7.12. The Labute approximate surface area is 237 Å². The predicted molar refractivity (Wildman–Crippen MR) is 147 cm³/mol. The molecule has 13 heteroatoms. The number of alkyl halides is 3. The summed E-state index contributed by atoms with van der Waals surface area (Å²) >= 11 is 7.38. The maximum absolute atomic E-state index is 13.4. The summed E-state index contributed by atoms with van der Waals surface area (Å²) in [5, 5.41) is 10.1. The molecule has 0 saturated carbocycles. The Bertz CT molecular complexity index is 1550. The number of thiazole rings is 1. The lowest BCUT2D eigenvalue weighted by molar-refractivity contribution is -0.137. The van der Waals surface area contributed by atoms with E-state index in [1.54, 1.807) is 35.6 Å². The molecule has 1 unspecified atom stereocenters. The molecule has 1 aliphatic heterocycles. The van der Waals surface area contributed by atoms with Crippen molar-refractivity contribution >= 4 is 40.6 Å². The number of carbonyl (C=O) groups excluding carboxylic acids is 2. The Morgan fingerprint density at radius 3 is 2.58 bits per heavy atom. The Kier molecular flexibility index (Phi) is 7.56. The van der Waals surface area contributed by atoms with E-state index in [0.29, 0.717) is 21.4 Å². The molecule has 1 atom stereocenters. The third-order valence-corrected chi connectivity index (χ3v) is 7.74. The lowest BCUT2D eigenvalue weighted by atomic mass is 10.1. The van der Waals surface area contributed by atoms with Crippen molar-refractivity contribution in [2.24, 2.45) is 0 Å². The summed E-state index contributed by atoms with van der Waals surface area (Å²) in [6, 6.07) is 10.9. The van der Waals surface area contributed by atoms with E-state index in [9.17, 15) is 22.8 Å². The highest BCUT2D eigenvalue weighted by Gasteiger charge is 2.33. The van der Waals surface area contributed by atoms with E-state index >= 15 is 0 Å². The minimum absolute atomic E-state index is 0.0509. The third-order valence-electron chi connectivity index (χ3n) is 6.67. The molecule has 0 bridgehead atoms. The lowest BCUT2D eigenvalue weighted by Crippen LogP contribution is -2.56. The van der Waals surface area contributed by atoms with Crippen molar-refractivity contribution in [1.82, 2.24) is 24.6 Å². The second-order valence-electron chi connectivity index (χ2n) is 9.38. The molecule has 2 aromatic heterocycles. The first-order valence-corrected chi connectivity index (χ1v) is 13.6. The van der Waals surface area contributed by atoms with E-state index in [1.165, 1.54) is 34.6 Å². The average Bonchev–Trinajstić information content (AvgIpc) is 3.55. The van der Waals surface area contributed by atoms with Gasteiger partial charge in [0.05, 0.1) is 28.7 Å². The zero-order valence-electron chi connectivity index (χ0n) is 21.4. The van der Waals surface area contributed by atoms with Gasteiger partial charge < -0.3 is 15.1 Å².